The molecule has 2 rings (SSSR count). The van der Waals surface area contributed by atoms with Crippen molar-refractivity contribution < 1.29 is 17.9 Å². The fraction of sp³-hybridized carbons (Fsp3) is 0.417. The van der Waals surface area contributed by atoms with Crippen molar-refractivity contribution in [3.63, 3.8) is 0 Å². The monoisotopic (exact) mass is 256 g/mol. The van der Waals surface area contributed by atoms with Crippen LogP contribution >= 0.6 is 0 Å². The molecule has 0 spiro atoms. The van der Waals surface area contributed by atoms with Crippen LogP contribution in [0.3, 0.4) is 0 Å². The van der Waals surface area contributed by atoms with Gasteiger partial charge in [0.25, 0.3) is 0 Å². The number of halogens is 3. The number of hydrogen-bond acceptors (Lipinski definition) is 3. The maximum atomic E-state index is 12.8. The Labute approximate surface area is 102 Å². The second-order valence-electron chi connectivity index (χ2n) is 3.91. The van der Waals surface area contributed by atoms with Crippen LogP contribution in [-0.2, 0) is 10.9 Å². The Kier molecular flexibility index (Phi) is 3.43. The SMILES string of the molecule is N#Cc1c(N2CCOCC2)cccc1C(F)(F)F. The lowest BCUT2D eigenvalue weighted by molar-refractivity contribution is -0.137. The van der Waals surface area contributed by atoms with Crippen LogP contribution in [0.1, 0.15) is 11.1 Å². The molecule has 0 saturated carbocycles. The largest absolute Gasteiger partial charge is 0.417 e. The van der Waals surface area contributed by atoms with Gasteiger partial charge in [-0.2, -0.15) is 18.4 Å². The second kappa shape index (κ2) is 4.86. The van der Waals surface area contributed by atoms with Crippen LogP contribution in [0.5, 0.6) is 0 Å². The fourth-order valence-corrected chi connectivity index (χ4v) is 1.96. The molecule has 0 aromatic heterocycles. The average Bonchev–Trinajstić information content (AvgIpc) is 2.37. The van der Waals surface area contributed by atoms with Crippen molar-refractivity contribution in [2.45, 2.75) is 6.18 Å². The van der Waals surface area contributed by atoms with Crippen molar-refractivity contribution in [1.29, 1.82) is 5.26 Å². The summed E-state index contributed by atoms with van der Waals surface area (Å²) in [5.74, 6) is 0. The summed E-state index contributed by atoms with van der Waals surface area (Å²) in [4.78, 5) is 1.75. The van der Waals surface area contributed by atoms with Gasteiger partial charge in [-0.05, 0) is 12.1 Å². The summed E-state index contributed by atoms with van der Waals surface area (Å²) in [6.45, 7) is 1.91. The van der Waals surface area contributed by atoms with E-state index in [4.69, 9.17) is 10.00 Å². The van der Waals surface area contributed by atoms with Crippen molar-refractivity contribution in [1.82, 2.24) is 0 Å². The number of nitriles is 1. The summed E-state index contributed by atoms with van der Waals surface area (Å²) in [6, 6.07) is 5.47. The van der Waals surface area contributed by atoms with Gasteiger partial charge in [0, 0.05) is 13.1 Å². The molecule has 1 saturated heterocycles. The molecule has 0 unspecified atom stereocenters. The highest BCUT2D eigenvalue weighted by Crippen LogP contribution is 2.35. The van der Waals surface area contributed by atoms with Gasteiger partial charge < -0.3 is 9.64 Å². The number of morpholine rings is 1. The van der Waals surface area contributed by atoms with Crippen LogP contribution in [0, 0.1) is 11.3 Å². The van der Waals surface area contributed by atoms with Crippen molar-refractivity contribution in [2.24, 2.45) is 0 Å². The minimum absolute atomic E-state index is 0.313. The Hall–Kier alpha value is -1.74. The highest BCUT2D eigenvalue weighted by Gasteiger charge is 2.35. The van der Waals surface area contributed by atoms with Crippen molar-refractivity contribution in [2.75, 3.05) is 31.2 Å². The smallest absolute Gasteiger partial charge is 0.378 e. The topological polar surface area (TPSA) is 36.3 Å². The summed E-state index contributed by atoms with van der Waals surface area (Å²) >= 11 is 0. The molecule has 1 aliphatic rings. The van der Waals surface area contributed by atoms with E-state index in [0.29, 0.717) is 32.0 Å². The van der Waals surface area contributed by atoms with Gasteiger partial charge >= 0.3 is 6.18 Å². The van der Waals surface area contributed by atoms with E-state index in [1.807, 2.05) is 0 Å². The summed E-state index contributed by atoms with van der Waals surface area (Å²) < 4.78 is 43.5. The molecule has 0 N–H and O–H groups in total. The molecule has 0 radical (unpaired) electrons. The number of ether oxygens (including phenoxy) is 1. The van der Waals surface area contributed by atoms with E-state index in [1.165, 1.54) is 6.07 Å². The van der Waals surface area contributed by atoms with Gasteiger partial charge in [-0.3, -0.25) is 0 Å². The van der Waals surface area contributed by atoms with Gasteiger partial charge in [0.2, 0.25) is 0 Å². The Balaban J connectivity index is 2.45. The molecule has 96 valence electrons. The number of nitrogens with zero attached hydrogens (tertiary/aromatic N) is 2. The lowest BCUT2D eigenvalue weighted by Crippen LogP contribution is -2.37. The zero-order valence-corrected chi connectivity index (χ0v) is 9.50. The maximum Gasteiger partial charge on any atom is 0.417 e. The van der Waals surface area contributed by atoms with Crippen molar-refractivity contribution in [3.05, 3.63) is 29.3 Å². The van der Waals surface area contributed by atoms with E-state index in [-0.39, 0.29) is 5.56 Å². The van der Waals surface area contributed by atoms with Crippen LogP contribution in [0.4, 0.5) is 18.9 Å². The number of benzene rings is 1. The molecule has 0 atom stereocenters. The summed E-state index contributed by atoms with van der Waals surface area (Å²) in [7, 11) is 0. The van der Waals surface area contributed by atoms with E-state index in [9.17, 15) is 13.2 Å². The molecule has 0 amide bonds. The van der Waals surface area contributed by atoms with E-state index in [1.54, 1.807) is 17.0 Å². The normalized spacial score (nSPS) is 16.4. The highest BCUT2D eigenvalue weighted by atomic mass is 19.4. The molecule has 1 aromatic carbocycles. The maximum absolute atomic E-state index is 12.8. The molecule has 1 fully saturated rings. The molecule has 1 heterocycles. The summed E-state index contributed by atoms with van der Waals surface area (Å²) in [5, 5.41) is 8.99. The molecule has 1 aromatic rings. The minimum atomic E-state index is -4.51. The lowest BCUT2D eigenvalue weighted by Gasteiger charge is -2.30. The first-order valence-corrected chi connectivity index (χ1v) is 5.47. The molecule has 0 bridgehead atoms. The van der Waals surface area contributed by atoms with Crippen LogP contribution < -0.4 is 4.90 Å². The number of alkyl halides is 3. The average molecular weight is 256 g/mol. The summed E-state index contributed by atoms with van der Waals surface area (Å²) in [6.07, 6.45) is -4.51. The Morgan fingerprint density at radius 2 is 1.89 bits per heavy atom. The van der Waals surface area contributed by atoms with Gasteiger partial charge in [0.05, 0.1) is 30.0 Å². The quantitative estimate of drug-likeness (QED) is 0.774. The van der Waals surface area contributed by atoms with E-state index in [0.717, 1.165) is 6.07 Å². The van der Waals surface area contributed by atoms with E-state index in [2.05, 4.69) is 0 Å². The lowest BCUT2D eigenvalue weighted by atomic mass is 10.0. The van der Waals surface area contributed by atoms with Crippen LogP contribution in [0.15, 0.2) is 18.2 Å². The van der Waals surface area contributed by atoms with Crippen molar-refractivity contribution >= 4 is 5.69 Å². The van der Waals surface area contributed by atoms with E-state index >= 15 is 0 Å². The first-order chi connectivity index (χ1) is 8.54. The zero-order valence-electron chi connectivity index (χ0n) is 9.50. The van der Waals surface area contributed by atoms with E-state index < -0.39 is 11.7 Å². The fourth-order valence-electron chi connectivity index (χ4n) is 1.96. The zero-order chi connectivity index (χ0) is 13.2. The van der Waals surface area contributed by atoms with Gasteiger partial charge in [-0.25, -0.2) is 0 Å². The predicted molar refractivity (Wildman–Crippen MR) is 59.2 cm³/mol. The predicted octanol–water partition coefficient (Wildman–Crippen LogP) is 2.41. The third kappa shape index (κ3) is 2.41. The van der Waals surface area contributed by atoms with Gasteiger partial charge in [-0.15, -0.1) is 0 Å². The molecule has 1 aliphatic heterocycles. The van der Waals surface area contributed by atoms with Crippen LogP contribution in [0.25, 0.3) is 0 Å². The molecule has 6 heteroatoms. The highest BCUT2D eigenvalue weighted by molar-refractivity contribution is 5.63. The Morgan fingerprint density at radius 1 is 1.22 bits per heavy atom. The molecular weight excluding hydrogens is 245 g/mol. The van der Waals surface area contributed by atoms with Crippen LogP contribution in [-0.4, -0.2) is 26.3 Å². The molecule has 0 aliphatic carbocycles. The van der Waals surface area contributed by atoms with Gasteiger partial charge in [0.15, 0.2) is 0 Å². The third-order valence-corrected chi connectivity index (χ3v) is 2.81. The second-order valence-corrected chi connectivity index (χ2v) is 3.91. The molecular formula is C12H11F3N2O. The number of rotatable bonds is 1. The minimum Gasteiger partial charge on any atom is -0.378 e. The van der Waals surface area contributed by atoms with Gasteiger partial charge in [0.1, 0.15) is 6.07 Å². The molecule has 18 heavy (non-hydrogen) atoms. The number of hydrogen-bond donors (Lipinski definition) is 0. The first kappa shape index (κ1) is 12.7. The molecule has 3 nitrogen and oxygen atoms in total. The summed E-state index contributed by atoms with van der Waals surface area (Å²) in [5.41, 5.74) is -0.864. The van der Waals surface area contributed by atoms with Crippen molar-refractivity contribution in [3.8, 4) is 6.07 Å². The Morgan fingerprint density at radius 3 is 2.44 bits per heavy atom. The number of anilines is 1. The van der Waals surface area contributed by atoms with Crippen LogP contribution in [0.2, 0.25) is 0 Å². The third-order valence-electron chi connectivity index (χ3n) is 2.81. The van der Waals surface area contributed by atoms with Gasteiger partial charge in [-0.1, -0.05) is 6.07 Å². The standard InChI is InChI=1S/C12H11F3N2O/c13-12(14,15)10-2-1-3-11(9(10)8-16)17-4-6-18-7-5-17/h1-3H,4-7H2. The Bertz CT molecular complexity index is 473. The first-order valence-electron chi connectivity index (χ1n) is 5.47.